The Bertz CT molecular complexity index is 519. The summed E-state index contributed by atoms with van der Waals surface area (Å²) in [5.41, 5.74) is -0.320. The first-order valence-electron chi connectivity index (χ1n) is 7.93. The lowest BCUT2D eigenvalue weighted by Gasteiger charge is -2.32. The molecule has 0 bridgehead atoms. The molecule has 6 heteroatoms. The van der Waals surface area contributed by atoms with E-state index in [1.54, 1.807) is 6.33 Å². The van der Waals surface area contributed by atoms with E-state index in [4.69, 9.17) is 5.11 Å². The molecule has 0 aromatic carbocycles. The minimum atomic E-state index is -0.777. The summed E-state index contributed by atoms with van der Waals surface area (Å²) >= 11 is 0. The molecule has 1 aliphatic rings. The Morgan fingerprint density at radius 3 is 2.95 bits per heavy atom. The van der Waals surface area contributed by atoms with Crippen molar-refractivity contribution in [2.24, 2.45) is 5.92 Å². The number of hydrogen-bond donors (Lipinski definition) is 2. The van der Waals surface area contributed by atoms with Crippen molar-refractivity contribution in [3.63, 3.8) is 0 Å². The first-order valence-corrected chi connectivity index (χ1v) is 7.93. The highest BCUT2D eigenvalue weighted by Crippen LogP contribution is 2.24. The van der Waals surface area contributed by atoms with Gasteiger partial charge in [0, 0.05) is 31.1 Å². The van der Waals surface area contributed by atoms with Gasteiger partial charge in [-0.25, -0.2) is 9.97 Å². The molecule has 0 radical (unpaired) electrons. The van der Waals surface area contributed by atoms with Crippen molar-refractivity contribution in [1.82, 2.24) is 9.97 Å². The molecule has 2 N–H and O–H groups in total. The van der Waals surface area contributed by atoms with E-state index in [1.165, 1.54) is 12.8 Å². The van der Waals surface area contributed by atoms with Gasteiger partial charge in [0.05, 0.1) is 0 Å². The van der Waals surface area contributed by atoms with Crippen LogP contribution in [0.25, 0.3) is 0 Å². The molecule has 1 saturated heterocycles. The van der Waals surface area contributed by atoms with Crippen molar-refractivity contribution in [3.05, 3.63) is 12.4 Å². The first kappa shape index (κ1) is 16.5. The molecule has 0 aliphatic carbocycles. The van der Waals surface area contributed by atoms with Gasteiger partial charge in [-0.2, -0.15) is 0 Å². The fourth-order valence-electron chi connectivity index (χ4n) is 2.81. The summed E-state index contributed by atoms with van der Waals surface area (Å²) in [5.74, 6) is 1.60. The van der Waals surface area contributed by atoms with Crippen LogP contribution in [-0.2, 0) is 4.79 Å². The molecule has 1 aromatic rings. The van der Waals surface area contributed by atoms with Crippen molar-refractivity contribution in [2.45, 2.75) is 52.0 Å². The highest BCUT2D eigenvalue weighted by molar-refractivity contribution is 5.66. The van der Waals surface area contributed by atoms with E-state index in [2.05, 4.69) is 27.1 Å². The number of carboxylic acids is 1. The van der Waals surface area contributed by atoms with Crippen LogP contribution in [0.15, 0.2) is 12.4 Å². The van der Waals surface area contributed by atoms with E-state index in [0.29, 0.717) is 12.3 Å². The predicted octanol–water partition coefficient (Wildman–Crippen LogP) is 2.77. The molecule has 0 amide bonds. The standard InChI is InChI=1S/C16H26N4O2/c1-12-5-4-8-20(10-12)14-9-13(17-11-18-14)19-16(2,3)7-6-15(21)22/h9,11-12H,4-8,10H2,1-3H3,(H,21,22)(H,17,18,19). The van der Waals surface area contributed by atoms with Crippen LogP contribution < -0.4 is 10.2 Å². The van der Waals surface area contributed by atoms with Gasteiger partial charge in [0.25, 0.3) is 0 Å². The Balaban J connectivity index is 2.03. The Hall–Kier alpha value is -1.85. The van der Waals surface area contributed by atoms with Gasteiger partial charge < -0.3 is 15.3 Å². The van der Waals surface area contributed by atoms with Crippen molar-refractivity contribution < 1.29 is 9.90 Å². The number of aliphatic carboxylic acids is 1. The quantitative estimate of drug-likeness (QED) is 0.841. The Kier molecular flexibility index (Phi) is 5.21. The summed E-state index contributed by atoms with van der Waals surface area (Å²) < 4.78 is 0. The number of hydrogen-bond acceptors (Lipinski definition) is 5. The van der Waals surface area contributed by atoms with E-state index < -0.39 is 5.97 Å². The van der Waals surface area contributed by atoms with Crippen LogP contribution in [0.3, 0.4) is 0 Å². The molecule has 1 aliphatic heterocycles. The molecule has 2 rings (SSSR count). The lowest BCUT2D eigenvalue weighted by atomic mass is 9.98. The van der Waals surface area contributed by atoms with E-state index in [1.807, 2.05) is 19.9 Å². The monoisotopic (exact) mass is 306 g/mol. The molecule has 6 nitrogen and oxygen atoms in total. The first-order chi connectivity index (χ1) is 10.4. The van der Waals surface area contributed by atoms with E-state index in [0.717, 1.165) is 24.7 Å². The summed E-state index contributed by atoms with van der Waals surface area (Å²) in [5, 5.41) is 12.1. The van der Waals surface area contributed by atoms with Gasteiger partial charge in [0.2, 0.25) is 0 Å². The van der Waals surface area contributed by atoms with Crippen molar-refractivity contribution in [1.29, 1.82) is 0 Å². The second-order valence-corrected chi connectivity index (χ2v) is 6.86. The summed E-state index contributed by atoms with van der Waals surface area (Å²) in [6.45, 7) is 8.30. The number of nitrogens with zero attached hydrogens (tertiary/aromatic N) is 3. The van der Waals surface area contributed by atoms with Crippen LogP contribution in [0.2, 0.25) is 0 Å². The number of carbonyl (C=O) groups is 1. The smallest absolute Gasteiger partial charge is 0.303 e. The lowest BCUT2D eigenvalue weighted by molar-refractivity contribution is -0.137. The average molecular weight is 306 g/mol. The highest BCUT2D eigenvalue weighted by Gasteiger charge is 2.21. The van der Waals surface area contributed by atoms with Crippen molar-refractivity contribution in [3.8, 4) is 0 Å². The largest absolute Gasteiger partial charge is 0.481 e. The molecule has 0 spiro atoms. The zero-order chi connectivity index (χ0) is 16.2. The van der Waals surface area contributed by atoms with Crippen LogP contribution in [0.5, 0.6) is 0 Å². The normalized spacial score (nSPS) is 19.0. The van der Waals surface area contributed by atoms with Crippen LogP contribution in [-0.4, -0.2) is 39.7 Å². The zero-order valence-electron chi connectivity index (χ0n) is 13.7. The average Bonchev–Trinajstić information content (AvgIpc) is 2.45. The third-order valence-corrected chi connectivity index (χ3v) is 4.06. The molecule has 1 atom stereocenters. The summed E-state index contributed by atoms with van der Waals surface area (Å²) in [4.78, 5) is 21.7. The minimum absolute atomic E-state index is 0.140. The molecule has 1 fully saturated rings. The van der Waals surface area contributed by atoms with Crippen LogP contribution >= 0.6 is 0 Å². The molecule has 22 heavy (non-hydrogen) atoms. The molecule has 1 unspecified atom stereocenters. The molecular formula is C16H26N4O2. The maximum absolute atomic E-state index is 10.7. The van der Waals surface area contributed by atoms with Gasteiger partial charge in [-0.15, -0.1) is 0 Å². The van der Waals surface area contributed by atoms with Gasteiger partial charge in [0.1, 0.15) is 18.0 Å². The molecule has 2 heterocycles. The molecule has 122 valence electrons. The number of carboxylic acid groups (broad SMARTS) is 1. The van der Waals surface area contributed by atoms with Crippen LogP contribution in [0.1, 0.15) is 46.5 Å². The van der Waals surface area contributed by atoms with Crippen molar-refractivity contribution >= 4 is 17.6 Å². The Morgan fingerprint density at radius 2 is 2.27 bits per heavy atom. The number of anilines is 2. The fraction of sp³-hybridized carbons (Fsp3) is 0.688. The van der Waals surface area contributed by atoms with Gasteiger partial charge in [0.15, 0.2) is 0 Å². The Labute approximate surface area is 132 Å². The lowest BCUT2D eigenvalue weighted by Crippen LogP contribution is -2.35. The van der Waals surface area contributed by atoms with E-state index in [-0.39, 0.29) is 12.0 Å². The van der Waals surface area contributed by atoms with Gasteiger partial charge in [-0.05, 0) is 39.0 Å². The Morgan fingerprint density at radius 1 is 1.50 bits per heavy atom. The van der Waals surface area contributed by atoms with Gasteiger partial charge in [-0.1, -0.05) is 6.92 Å². The third kappa shape index (κ3) is 4.86. The highest BCUT2D eigenvalue weighted by atomic mass is 16.4. The number of aromatic nitrogens is 2. The van der Waals surface area contributed by atoms with Crippen LogP contribution in [0.4, 0.5) is 11.6 Å². The van der Waals surface area contributed by atoms with Gasteiger partial charge >= 0.3 is 5.97 Å². The summed E-state index contributed by atoms with van der Waals surface area (Å²) in [6.07, 6.45) is 4.72. The number of nitrogens with one attached hydrogen (secondary N) is 1. The summed E-state index contributed by atoms with van der Waals surface area (Å²) in [6, 6.07) is 1.96. The number of piperidine rings is 1. The molecule has 0 saturated carbocycles. The second-order valence-electron chi connectivity index (χ2n) is 6.86. The maximum Gasteiger partial charge on any atom is 0.303 e. The third-order valence-electron chi connectivity index (χ3n) is 4.06. The minimum Gasteiger partial charge on any atom is -0.481 e. The zero-order valence-corrected chi connectivity index (χ0v) is 13.7. The van der Waals surface area contributed by atoms with E-state index >= 15 is 0 Å². The fourth-order valence-corrected chi connectivity index (χ4v) is 2.81. The number of rotatable bonds is 6. The van der Waals surface area contributed by atoms with Gasteiger partial charge in [-0.3, -0.25) is 4.79 Å². The second kappa shape index (κ2) is 6.94. The van der Waals surface area contributed by atoms with E-state index in [9.17, 15) is 4.79 Å². The predicted molar refractivity (Wildman–Crippen MR) is 87.2 cm³/mol. The summed E-state index contributed by atoms with van der Waals surface area (Å²) in [7, 11) is 0. The van der Waals surface area contributed by atoms with Crippen molar-refractivity contribution in [2.75, 3.05) is 23.3 Å². The van der Waals surface area contributed by atoms with Crippen LogP contribution in [0, 0.1) is 5.92 Å². The maximum atomic E-state index is 10.7. The molecule has 1 aromatic heterocycles. The topological polar surface area (TPSA) is 78.4 Å². The SMILES string of the molecule is CC1CCCN(c2cc(NC(C)(C)CCC(=O)O)ncn2)C1. The molecular weight excluding hydrogens is 280 g/mol.